The predicted molar refractivity (Wildman–Crippen MR) is 90.7 cm³/mol. The van der Waals surface area contributed by atoms with Gasteiger partial charge in [0.2, 0.25) is 5.91 Å². The number of benzene rings is 2. The first-order valence-electron chi connectivity index (χ1n) is 6.87. The highest BCUT2D eigenvalue weighted by Gasteiger charge is 2.03. The van der Waals surface area contributed by atoms with Gasteiger partial charge in [0, 0.05) is 4.90 Å². The molecule has 6 heteroatoms. The Morgan fingerprint density at radius 1 is 1.13 bits per heavy atom. The first-order valence-corrected chi connectivity index (χ1v) is 7.86. The van der Waals surface area contributed by atoms with Crippen molar-refractivity contribution in [2.75, 3.05) is 12.9 Å². The van der Waals surface area contributed by atoms with Gasteiger partial charge in [-0.05, 0) is 29.8 Å². The molecule has 0 fully saturated rings. The lowest BCUT2D eigenvalue weighted by Crippen LogP contribution is -2.19. The van der Waals surface area contributed by atoms with E-state index >= 15 is 0 Å². The Kier molecular flexibility index (Phi) is 6.38. The fourth-order valence-electron chi connectivity index (χ4n) is 1.70. The van der Waals surface area contributed by atoms with E-state index in [2.05, 4.69) is 15.3 Å². The van der Waals surface area contributed by atoms with Crippen molar-refractivity contribution in [1.29, 1.82) is 0 Å². The molecule has 0 saturated heterocycles. The summed E-state index contributed by atoms with van der Waals surface area (Å²) >= 11 is 1.45. The molecule has 118 valence electrons. The normalized spacial score (nSPS) is 10.5. The van der Waals surface area contributed by atoms with Crippen molar-refractivity contribution >= 4 is 29.9 Å². The number of esters is 1. The van der Waals surface area contributed by atoms with E-state index in [4.69, 9.17) is 0 Å². The number of carbonyl (C=O) groups excluding carboxylic acids is 2. The summed E-state index contributed by atoms with van der Waals surface area (Å²) in [6.07, 6.45) is 1.52. The zero-order valence-electron chi connectivity index (χ0n) is 12.6. The van der Waals surface area contributed by atoms with Gasteiger partial charge in [0.15, 0.2) is 0 Å². The molecule has 1 amide bonds. The third-order valence-electron chi connectivity index (χ3n) is 2.85. The molecule has 0 saturated carbocycles. The van der Waals surface area contributed by atoms with E-state index in [-0.39, 0.29) is 11.9 Å². The summed E-state index contributed by atoms with van der Waals surface area (Å²) in [5.41, 5.74) is 3.71. The van der Waals surface area contributed by atoms with Crippen LogP contribution in [-0.4, -0.2) is 31.0 Å². The maximum absolute atomic E-state index is 11.7. The third-order valence-corrected chi connectivity index (χ3v) is 3.86. The van der Waals surface area contributed by atoms with Crippen LogP contribution in [0.4, 0.5) is 0 Å². The van der Waals surface area contributed by atoms with Gasteiger partial charge in [-0.3, -0.25) is 4.79 Å². The smallest absolute Gasteiger partial charge is 0.337 e. The molecule has 0 spiro atoms. The minimum absolute atomic E-state index is 0.179. The molecule has 2 aromatic carbocycles. The molecule has 5 nitrogen and oxygen atoms in total. The molecule has 0 aromatic heterocycles. The van der Waals surface area contributed by atoms with Gasteiger partial charge in [0.1, 0.15) is 0 Å². The Balaban J connectivity index is 1.79. The number of hydrogen-bond acceptors (Lipinski definition) is 5. The van der Waals surface area contributed by atoms with Crippen LogP contribution in [0.5, 0.6) is 0 Å². The molecule has 1 N–H and O–H groups in total. The summed E-state index contributed by atoms with van der Waals surface area (Å²) in [5.74, 6) is -0.274. The summed E-state index contributed by atoms with van der Waals surface area (Å²) in [6, 6.07) is 16.4. The summed E-state index contributed by atoms with van der Waals surface area (Å²) in [7, 11) is 1.33. The maximum Gasteiger partial charge on any atom is 0.337 e. The standard InChI is InChI=1S/C17H16N2O3S/c1-22-17(21)14-9-7-13(8-10-14)11-18-19-16(20)12-23-15-5-3-2-4-6-15/h2-11H,12H2,1H3,(H,19,20)/b18-11-. The second kappa shape index (κ2) is 8.75. The number of carbonyl (C=O) groups is 2. The van der Waals surface area contributed by atoms with E-state index in [0.717, 1.165) is 10.5 Å². The highest BCUT2D eigenvalue weighted by atomic mass is 32.2. The molecule has 2 aromatic rings. The molecule has 0 unspecified atom stereocenters. The van der Waals surface area contributed by atoms with Crippen molar-refractivity contribution < 1.29 is 14.3 Å². The van der Waals surface area contributed by atoms with Crippen LogP contribution in [0.15, 0.2) is 64.6 Å². The Morgan fingerprint density at radius 3 is 2.48 bits per heavy atom. The van der Waals surface area contributed by atoms with Crippen molar-refractivity contribution in [3.8, 4) is 0 Å². The molecule has 23 heavy (non-hydrogen) atoms. The van der Waals surface area contributed by atoms with E-state index < -0.39 is 0 Å². The highest BCUT2D eigenvalue weighted by Crippen LogP contribution is 2.16. The van der Waals surface area contributed by atoms with Crippen LogP contribution in [0.25, 0.3) is 0 Å². The van der Waals surface area contributed by atoms with Gasteiger partial charge >= 0.3 is 5.97 Å². The first-order chi connectivity index (χ1) is 11.2. The van der Waals surface area contributed by atoms with Crippen molar-refractivity contribution in [3.05, 3.63) is 65.7 Å². The Labute approximate surface area is 138 Å². The second-order valence-corrected chi connectivity index (χ2v) is 5.56. The fourth-order valence-corrected chi connectivity index (χ4v) is 2.41. The average molecular weight is 328 g/mol. The monoisotopic (exact) mass is 328 g/mol. The van der Waals surface area contributed by atoms with E-state index in [1.165, 1.54) is 25.1 Å². The van der Waals surface area contributed by atoms with Crippen LogP contribution in [0.2, 0.25) is 0 Å². The van der Waals surface area contributed by atoms with Crippen molar-refractivity contribution in [3.63, 3.8) is 0 Å². The number of nitrogens with one attached hydrogen (secondary N) is 1. The molecular formula is C17H16N2O3S. The molecule has 2 rings (SSSR count). The van der Waals surface area contributed by atoms with Gasteiger partial charge in [-0.2, -0.15) is 5.10 Å². The number of hydrazone groups is 1. The van der Waals surface area contributed by atoms with Gasteiger partial charge in [-0.1, -0.05) is 30.3 Å². The maximum atomic E-state index is 11.7. The Morgan fingerprint density at radius 2 is 1.83 bits per heavy atom. The van der Waals surface area contributed by atoms with Crippen LogP contribution in [0.3, 0.4) is 0 Å². The number of rotatable bonds is 6. The molecule has 0 aliphatic carbocycles. The molecule has 0 aliphatic heterocycles. The quantitative estimate of drug-likeness (QED) is 0.383. The number of amides is 1. The molecular weight excluding hydrogens is 312 g/mol. The van der Waals surface area contributed by atoms with Crippen molar-refractivity contribution in [2.24, 2.45) is 5.10 Å². The topological polar surface area (TPSA) is 67.8 Å². The number of hydrogen-bond donors (Lipinski definition) is 1. The molecule has 0 heterocycles. The molecule has 0 aliphatic rings. The number of thioether (sulfide) groups is 1. The molecule has 0 radical (unpaired) electrons. The Hall–Kier alpha value is -2.60. The minimum atomic E-state index is -0.389. The van der Waals surface area contributed by atoms with E-state index in [9.17, 15) is 9.59 Å². The zero-order valence-corrected chi connectivity index (χ0v) is 13.4. The second-order valence-electron chi connectivity index (χ2n) is 4.51. The van der Waals surface area contributed by atoms with Crippen LogP contribution in [-0.2, 0) is 9.53 Å². The predicted octanol–water partition coefficient (Wildman–Crippen LogP) is 2.72. The van der Waals surface area contributed by atoms with Crippen molar-refractivity contribution in [2.45, 2.75) is 4.90 Å². The molecule has 0 atom stereocenters. The van der Waals surface area contributed by atoms with Gasteiger partial charge in [-0.25, -0.2) is 10.2 Å². The highest BCUT2D eigenvalue weighted by molar-refractivity contribution is 8.00. The SMILES string of the molecule is COC(=O)c1ccc(/C=N\NC(=O)CSc2ccccc2)cc1. The number of methoxy groups -OCH3 is 1. The Bertz CT molecular complexity index is 685. The fraction of sp³-hybridized carbons (Fsp3) is 0.118. The van der Waals surface area contributed by atoms with Crippen LogP contribution >= 0.6 is 11.8 Å². The van der Waals surface area contributed by atoms with Gasteiger partial charge < -0.3 is 4.74 Å². The van der Waals surface area contributed by atoms with E-state index in [0.29, 0.717) is 11.3 Å². The third kappa shape index (κ3) is 5.60. The summed E-state index contributed by atoms with van der Waals surface area (Å²) < 4.78 is 4.62. The first kappa shape index (κ1) is 16.8. The van der Waals surface area contributed by atoms with Crippen LogP contribution in [0, 0.1) is 0 Å². The van der Waals surface area contributed by atoms with E-state index in [1.807, 2.05) is 30.3 Å². The van der Waals surface area contributed by atoms with Gasteiger partial charge in [0.25, 0.3) is 0 Å². The van der Waals surface area contributed by atoms with E-state index in [1.54, 1.807) is 24.3 Å². The van der Waals surface area contributed by atoms with Crippen molar-refractivity contribution in [1.82, 2.24) is 5.43 Å². The largest absolute Gasteiger partial charge is 0.465 e. The van der Waals surface area contributed by atoms with Crippen LogP contribution in [0.1, 0.15) is 15.9 Å². The number of nitrogens with zero attached hydrogens (tertiary/aromatic N) is 1. The average Bonchev–Trinajstić information content (AvgIpc) is 2.61. The van der Waals surface area contributed by atoms with Gasteiger partial charge in [-0.15, -0.1) is 11.8 Å². The zero-order chi connectivity index (χ0) is 16.5. The summed E-state index contributed by atoms with van der Waals surface area (Å²) in [5, 5.41) is 3.89. The van der Waals surface area contributed by atoms with Gasteiger partial charge in [0.05, 0.1) is 24.6 Å². The minimum Gasteiger partial charge on any atom is -0.465 e. The lowest BCUT2D eigenvalue weighted by molar-refractivity contribution is -0.118. The van der Waals surface area contributed by atoms with Crippen LogP contribution < -0.4 is 5.43 Å². The lowest BCUT2D eigenvalue weighted by Gasteiger charge is -2.01. The molecule has 0 bridgehead atoms. The lowest BCUT2D eigenvalue weighted by atomic mass is 10.1. The summed E-state index contributed by atoms with van der Waals surface area (Å²) in [6.45, 7) is 0. The number of ether oxygens (including phenoxy) is 1. The summed E-state index contributed by atoms with van der Waals surface area (Å²) in [4.78, 5) is 24.0.